The molecule has 2 nitrogen and oxygen atoms in total. The molecule has 2 rings (SSSR count). The topological polar surface area (TPSA) is 24.9 Å². The number of aromatic nitrogens is 1. The highest BCUT2D eigenvalue weighted by Crippen LogP contribution is 2.19. The van der Waals surface area contributed by atoms with E-state index in [1.54, 1.807) is 11.9 Å². The van der Waals surface area contributed by atoms with Crippen molar-refractivity contribution in [1.29, 1.82) is 0 Å². The zero-order valence-electron chi connectivity index (χ0n) is 15.3. The lowest BCUT2D eigenvalue weighted by molar-refractivity contribution is 0.956. The van der Waals surface area contributed by atoms with E-state index in [2.05, 4.69) is 84.8 Å². The number of hydrogen-bond acceptors (Lipinski definition) is 3. The first-order valence-electron chi connectivity index (χ1n) is 8.84. The van der Waals surface area contributed by atoms with Gasteiger partial charge in [0, 0.05) is 35.3 Å². The molecule has 2 aromatic rings. The van der Waals surface area contributed by atoms with Crippen LogP contribution >= 0.6 is 11.9 Å². The fourth-order valence-corrected chi connectivity index (χ4v) is 3.01. The average Bonchev–Trinajstić information content (AvgIpc) is 2.63. The van der Waals surface area contributed by atoms with E-state index < -0.39 is 0 Å². The summed E-state index contributed by atoms with van der Waals surface area (Å²) in [7, 11) is 0. The van der Waals surface area contributed by atoms with E-state index >= 15 is 0 Å². The lowest BCUT2D eigenvalue weighted by Crippen LogP contribution is -2.06. The zero-order valence-corrected chi connectivity index (χ0v) is 16.1. The van der Waals surface area contributed by atoms with Gasteiger partial charge in [-0.1, -0.05) is 37.8 Å². The van der Waals surface area contributed by atoms with Crippen LogP contribution in [-0.2, 0) is 6.54 Å². The molecule has 0 amide bonds. The molecule has 0 bridgehead atoms. The Hall–Kier alpha value is -2.02. The summed E-state index contributed by atoms with van der Waals surface area (Å²) in [4.78, 5) is 5.59. The predicted molar refractivity (Wildman–Crippen MR) is 109 cm³/mol. The molecule has 0 unspecified atom stereocenters. The first-order valence-corrected chi connectivity index (χ1v) is 9.66. The number of nitrogens with zero attached hydrogens (tertiary/aromatic N) is 1. The van der Waals surface area contributed by atoms with E-state index in [9.17, 15) is 0 Å². The van der Waals surface area contributed by atoms with Gasteiger partial charge in [-0.15, -0.1) is 0 Å². The van der Waals surface area contributed by atoms with Gasteiger partial charge in [-0.05, 0) is 73.2 Å². The molecule has 0 radical (unpaired) electrons. The minimum absolute atomic E-state index is 0.801. The smallest absolute Gasteiger partial charge is 0.0448 e. The van der Waals surface area contributed by atoms with E-state index in [1.165, 1.54) is 16.0 Å². The zero-order chi connectivity index (χ0) is 17.9. The van der Waals surface area contributed by atoms with Crippen molar-refractivity contribution >= 4 is 18.0 Å². The van der Waals surface area contributed by atoms with Crippen LogP contribution in [0.1, 0.15) is 55.5 Å². The summed E-state index contributed by atoms with van der Waals surface area (Å²) in [5, 5.41) is 0. The monoisotopic (exact) mass is 350 g/mol. The van der Waals surface area contributed by atoms with Crippen molar-refractivity contribution in [3.8, 4) is 11.8 Å². The number of aryl methyl sites for hydroxylation is 1. The van der Waals surface area contributed by atoms with E-state index in [0.29, 0.717) is 0 Å². The number of allylic oxidation sites excluding steroid dienone is 1. The molecular weight excluding hydrogens is 324 g/mol. The first-order chi connectivity index (χ1) is 12.2. The third-order valence-corrected chi connectivity index (χ3v) is 4.51. The molecule has 0 aliphatic carbocycles. The minimum Gasteiger partial charge on any atom is -0.261 e. The Balaban J connectivity index is 1.94. The first kappa shape index (κ1) is 19.3. The van der Waals surface area contributed by atoms with Crippen molar-refractivity contribution < 1.29 is 0 Å². The maximum absolute atomic E-state index is 4.40. The molecule has 1 aromatic carbocycles. The average molecular weight is 351 g/mol. The van der Waals surface area contributed by atoms with Gasteiger partial charge in [0.2, 0.25) is 0 Å². The number of pyridine rings is 1. The normalized spacial score (nSPS) is 10.7. The molecular formula is C22H26N2S. The number of rotatable bonds is 7. The molecule has 0 fully saturated rings. The Kier molecular flexibility index (Phi) is 8.31. The lowest BCUT2D eigenvalue weighted by atomic mass is 10.1. The summed E-state index contributed by atoms with van der Waals surface area (Å²) in [5.41, 5.74) is 4.64. The van der Waals surface area contributed by atoms with Crippen LogP contribution in [0.15, 0.2) is 47.5 Å². The highest BCUT2D eigenvalue weighted by molar-refractivity contribution is 7.97. The summed E-state index contributed by atoms with van der Waals surface area (Å²) in [5.74, 6) is 6.37. The largest absolute Gasteiger partial charge is 0.261 e. The van der Waals surface area contributed by atoms with Crippen LogP contribution in [0.2, 0.25) is 0 Å². The van der Waals surface area contributed by atoms with Crippen LogP contribution < -0.4 is 4.72 Å². The van der Waals surface area contributed by atoms with Gasteiger partial charge in [-0.2, -0.15) is 0 Å². The standard InChI is InChI=1S/C22H26N2S/c1-4-6-8-9-19-11-13-21(14-12-19)25-24-17-20-15-16-23-18(3)22(20)10-7-5-2/h7,10-16,24H,4-6,17H2,1-3H3/b10-7-. The molecule has 0 spiro atoms. The van der Waals surface area contributed by atoms with Gasteiger partial charge < -0.3 is 0 Å². The SMILES string of the molecule is CC/C=C\c1c(CNSc2ccc(C#CCCC)cc2)ccnc1C. The van der Waals surface area contributed by atoms with Crippen molar-refractivity contribution in [3.05, 3.63) is 65.0 Å². The Morgan fingerprint density at radius 2 is 1.96 bits per heavy atom. The van der Waals surface area contributed by atoms with Crippen LogP contribution in [0.4, 0.5) is 0 Å². The summed E-state index contributed by atoms with van der Waals surface area (Å²) >= 11 is 1.65. The highest BCUT2D eigenvalue weighted by Gasteiger charge is 2.04. The fraction of sp³-hybridized carbons (Fsp3) is 0.318. The van der Waals surface area contributed by atoms with Crippen molar-refractivity contribution in [3.63, 3.8) is 0 Å². The number of hydrogen-bond donors (Lipinski definition) is 1. The number of nitrogens with one attached hydrogen (secondary N) is 1. The van der Waals surface area contributed by atoms with Crippen molar-refractivity contribution in [2.24, 2.45) is 0 Å². The molecule has 0 aliphatic heterocycles. The van der Waals surface area contributed by atoms with Gasteiger partial charge in [-0.3, -0.25) is 9.71 Å². The van der Waals surface area contributed by atoms with E-state index in [4.69, 9.17) is 0 Å². The van der Waals surface area contributed by atoms with Crippen molar-refractivity contribution in [1.82, 2.24) is 9.71 Å². The van der Waals surface area contributed by atoms with Crippen molar-refractivity contribution in [2.45, 2.75) is 51.5 Å². The molecule has 0 saturated heterocycles. The highest BCUT2D eigenvalue weighted by atomic mass is 32.2. The van der Waals surface area contributed by atoms with Crippen LogP contribution in [0.3, 0.4) is 0 Å². The van der Waals surface area contributed by atoms with Crippen LogP contribution in [-0.4, -0.2) is 4.98 Å². The summed E-state index contributed by atoms with van der Waals surface area (Å²) in [6.45, 7) is 7.15. The Bertz CT molecular complexity index is 752. The maximum Gasteiger partial charge on any atom is 0.0448 e. The third-order valence-electron chi connectivity index (χ3n) is 3.71. The molecule has 1 heterocycles. The van der Waals surface area contributed by atoms with Crippen molar-refractivity contribution in [2.75, 3.05) is 0 Å². The molecule has 0 aliphatic rings. The number of benzene rings is 1. The molecule has 0 atom stereocenters. The molecule has 3 heteroatoms. The van der Waals surface area contributed by atoms with Gasteiger partial charge in [-0.25, -0.2) is 0 Å². The Labute approximate surface area is 156 Å². The molecule has 1 N–H and O–H groups in total. The predicted octanol–water partition coefficient (Wildman–Crippen LogP) is 5.76. The van der Waals surface area contributed by atoms with Gasteiger partial charge in [0.1, 0.15) is 0 Å². The second-order valence-electron chi connectivity index (χ2n) is 5.78. The quantitative estimate of drug-likeness (QED) is 0.507. The third kappa shape index (κ3) is 6.42. The molecule has 1 aromatic heterocycles. The van der Waals surface area contributed by atoms with Gasteiger partial charge in [0.25, 0.3) is 0 Å². The fourth-order valence-electron chi connectivity index (χ4n) is 2.34. The van der Waals surface area contributed by atoms with Crippen LogP contribution in [0.25, 0.3) is 6.08 Å². The second kappa shape index (κ2) is 10.8. The number of unbranched alkanes of at least 4 members (excludes halogenated alkanes) is 1. The van der Waals surface area contributed by atoms with E-state index in [0.717, 1.165) is 37.1 Å². The van der Waals surface area contributed by atoms with Crippen LogP contribution in [0.5, 0.6) is 0 Å². The molecule has 0 saturated carbocycles. The van der Waals surface area contributed by atoms with Gasteiger partial charge in [0.05, 0.1) is 0 Å². The minimum atomic E-state index is 0.801. The summed E-state index contributed by atoms with van der Waals surface area (Å²) < 4.78 is 3.45. The Morgan fingerprint density at radius 1 is 1.16 bits per heavy atom. The van der Waals surface area contributed by atoms with E-state index in [1.807, 2.05) is 6.20 Å². The Morgan fingerprint density at radius 3 is 2.68 bits per heavy atom. The molecule has 130 valence electrons. The summed E-state index contributed by atoms with van der Waals surface area (Å²) in [6.07, 6.45) is 9.33. The summed E-state index contributed by atoms with van der Waals surface area (Å²) in [6, 6.07) is 10.5. The second-order valence-corrected chi connectivity index (χ2v) is 6.74. The molecule has 25 heavy (non-hydrogen) atoms. The maximum atomic E-state index is 4.40. The van der Waals surface area contributed by atoms with E-state index in [-0.39, 0.29) is 0 Å². The van der Waals surface area contributed by atoms with Gasteiger partial charge >= 0.3 is 0 Å². The lowest BCUT2D eigenvalue weighted by Gasteiger charge is -2.09. The van der Waals surface area contributed by atoms with Gasteiger partial charge in [0.15, 0.2) is 0 Å². The van der Waals surface area contributed by atoms with Crippen LogP contribution in [0, 0.1) is 18.8 Å².